The summed E-state index contributed by atoms with van der Waals surface area (Å²) >= 11 is 9.10. The first-order valence-electron chi connectivity index (χ1n) is 3.30. The third-order valence-electron chi connectivity index (χ3n) is 1.39. The van der Waals surface area contributed by atoms with Gasteiger partial charge in [-0.05, 0) is 5.56 Å². The SMILES string of the molecule is O=C(OS)C(Cl)c1ccccc1. The third kappa shape index (κ3) is 2.16. The number of benzene rings is 1. The van der Waals surface area contributed by atoms with Crippen molar-refractivity contribution in [2.75, 3.05) is 0 Å². The summed E-state index contributed by atoms with van der Waals surface area (Å²) in [5.74, 6) is -0.564. The van der Waals surface area contributed by atoms with E-state index < -0.39 is 11.3 Å². The first-order chi connectivity index (χ1) is 5.75. The van der Waals surface area contributed by atoms with Crippen LogP contribution < -0.4 is 0 Å². The average Bonchev–Trinajstić information content (AvgIpc) is 2.17. The molecule has 0 saturated heterocycles. The highest BCUT2D eigenvalue weighted by Crippen LogP contribution is 2.21. The molecule has 0 saturated carbocycles. The Morgan fingerprint density at radius 3 is 2.50 bits per heavy atom. The van der Waals surface area contributed by atoms with Crippen molar-refractivity contribution in [3.8, 4) is 0 Å². The normalized spacial score (nSPS) is 12.2. The fourth-order valence-electron chi connectivity index (χ4n) is 0.804. The van der Waals surface area contributed by atoms with Crippen LogP contribution in [0, 0.1) is 0 Å². The van der Waals surface area contributed by atoms with E-state index in [9.17, 15) is 4.79 Å². The van der Waals surface area contributed by atoms with Gasteiger partial charge in [-0.2, -0.15) is 0 Å². The van der Waals surface area contributed by atoms with E-state index in [0.717, 1.165) is 0 Å². The van der Waals surface area contributed by atoms with Crippen LogP contribution in [0.3, 0.4) is 0 Å². The second kappa shape index (κ2) is 4.38. The number of halogens is 1. The Hall–Kier alpha value is -0.670. The van der Waals surface area contributed by atoms with Gasteiger partial charge in [0.1, 0.15) is 0 Å². The van der Waals surface area contributed by atoms with Crippen LogP contribution in [0.25, 0.3) is 0 Å². The van der Waals surface area contributed by atoms with E-state index in [1.54, 1.807) is 24.3 Å². The first-order valence-corrected chi connectivity index (χ1v) is 4.10. The maximum Gasteiger partial charge on any atom is 0.340 e. The molecule has 1 atom stereocenters. The van der Waals surface area contributed by atoms with E-state index >= 15 is 0 Å². The molecule has 12 heavy (non-hydrogen) atoms. The number of alkyl halides is 1. The summed E-state index contributed by atoms with van der Waals surface area (Å²) in [6.45, 7) is 0. The molecule has 0 aliphatic heterocycles. The van der Waals surface area contributed by atoms with Crippen molar-refractivity contribution >= 4 is 30.5 Å². The van der Waals surface area contributed by atoms with Gasteiger partial charge in [-0.1, -0.05) is 30.3 Å². The smallest absolute Gasteiger partial charge is 0.340 e. The maximum absolute atomic E-state index is 10.9. The third-order valence-corrected chi connectivity index (χ3v) is 2.00. The molecule has 0 bridgehead atoms. The lowest BCUT2D eigenvalue weighted by atomic mass is 10.1. The molecule has 64 valence electrons. The quantitative estimate of drug-likeness (QED) is 0.453. The first kappa shape index (κ1) is 9.42. The fourth-order valence-corrected chi connectivity index (χ4v) is 1.16. The average molecular weight is 203 g/mol. The van der Waals surface area contributed by atoms with Crippen molar-refractivity contribution in [2.24, 2.45) is 0 Å². The van der Waals surface area contributed by atoms with Crippen molar-refractivity contribution < 1.29 is 8.98 Å². The van der Waals surface area contributed by atoms with Crippen molar-refractivity contribution in [2.45, 2.75) is 5.38 Å². The van der Waals surface area contributed by atoms with Gasteiger partial charge in [0, 0.05) is 12.9 Å². The number of thiol groups is 1. The molecule has 1 aromatic carbocycles. The summed E-state index contributed by atoms with van der Waals surface area (Å²) in [4.78, 5) is 10.9. The van der Waals surface area contributed by atoms with Gasteiger partial charge < -0.3 is 4.18 Å². The van der Waals surface area contributed by atoms with E-state index in [0.29, 0.717) is 5.56 Å². The molecule has 0 aromatic heterocycles. The molecule has 2 nitrogen and oxygen atoms in total. The zero-order chi connectivity index (χ0) is 8.97. The van der Waals surface area contributed by atoms with Crippen LogP contribution in [0.1, 0.15) is 10.9 Å². The zero-order valence-electron chi connectivity index (χ0n) is 6.11. The Bertz CT molecular complexity index is 263. The summed E-state index contributed by atoms with van der Waals surface area (Å²) in [6, 6.07) is 8.96. The molecule has 0 aliphatic carbocycles. The van der Waals surface area contributed by atoms with Gasteiger partial charge in [0.05, 0.1) is 0 Å². The minimum Gasteiger partial charge on any atom is -0.393 e. The molecule has 1 rings (SSSR count). The van der Waals surface area contributed by atoms with Gasteiger partial charge in [0.15, 0.2) is 5.38 Å². The van der Waals surface area contributed by atoms with E-state index in [1.807, 2.05) is 6.07 Å². The summed E-state index contributed by atoms with van der Waals surface area (Å²) < 4.78 is 4.19. The summed E-state index contributed by atoms with van der Waals surface area (Å²) in [5.41, 5.74) is 0.707. The van der Waals surface area contributed by atoms with Crippen LogP contribution in [-0.2, 0) is 8.98 Å². The lowest BCUT2D eigenvalue weighted by Gasteiger charge is -2.04. The standard InChI is InChI=1S/C8H7ClO2S/c9-7(8(10)11-12)6-4-2-1-3-5-6/h1-5,7,12H. The second-order valence-electron chi connectivity index (χ2n) is 2.18. The van der Waals surface area contributed by atoms with Crippen LogP contribution >= 0.6 is 24.5 Å². The lowest BCUT2D eigenvalue weighted by Crippen LogP contribution is -2.05. The predicted octanol–water partition coefficient (Wildman–Crippen LogP) is 2.35. The Morgan fingerprint density at radius 2 is 2.00 bits per heavy atom. The van der Waals surface area contributed by atoms with Crippen molar-refractivity contribution in [3.63, 3.8) is 0 Å². The minimum absolute atomic E-state index is 0.564. The molecule has 1 unspecified atom stereocenters. The predicted molar refractivity (Wildman–Crippen MR) is 50.1 cm³/mol. The van der Waals surface area contributed by atoms with E-state index in [1.165, 1.54) is 0 Å². The number of rotatable bonds is 2. The topological polar surface area (TPSA) is 26.3 Å². The van der Waals surface area contributed by atoms with Crippen LogP contribution in [0.5, 0.6) is 0 Å². The van der Waals surface area contributed by atoms with Gasteiger partial charge in [-0.25, -0.2) is 4.79 Å². The highest BCUT2D eigenvalue weighted by atomic mass is 35.5. The number of carbonyl (C=O) groups excluding carboxylic acids is 1. The van der Waals surface area contributed by atoms with Gasteiger partial charge in [0.2, 0.25) is 0 Å². The monoisotopic (exact) mass is 202 g/mol. The highest BCUT2D eigenvalue weighted by molar-refractivity contribution is 7.75. The largest absolute Gasteiger partial charge is 0.393 e. The molecule has 0 spiro atoms. The van der Waals surface area contributed by atoms with Crippen molar-refractivity contribution in [3.05, 3.63) is 35.9 Å². The summed E-state index contributed by atoms with van der Waals surface area (Å²) in [7, 11) is 0. The number of hydrogen-bond acceptors (Lipinski definition) is 3. The molecule has 1 aromatic rings. The van der Waals surface area contributed by atoms with E-state index in [2.05, 4.69) is 17.1 Å². The Morgan fingerprint density at radius 1 is 1.42 bits per heavy atom. The van der Waals surface area contributed by atoms with Gasteiger partial charge in [0.25, 0.3) is 0 Å². The van der Waals surface area contributed by atoms with Crippen molar-refractivity contribution in [1.29, 1.82) is 0 Å². The van der Waals surface area contributed by atoms with Gasteiger partial charge >= 0.3 is 5.97 Å². The number of hydrogen-bond donors (Lipinski definition) is 1. The zero-order valence-corrected chi connectivity index (χ0v) is 7.76. The molecule has 0 fully saturated rings. The molecular weight excluding hydrogens is 196 g/mol. The minimum atomic E-state index is -0.774. The molecule has 0 N–H and O–H groups in total. The molecule has 0 aliphatic rings. The fraction of sp³-hybridized carbons (Fsp3) is 0.125. The number of carbonyl (C=O) groups is 1. The maximum atomic E-state index is 10.9. The van der Waals surface area contributed by atoms with Crippen LogP contribution in [-0.4, -0.2) is 5.97 Å². The lowest BCUT2D eigenvalue weighted by molar-refractivity contribution is -0.132. The Labute approximate surface area is 81.1 Å². The van der Waals surface area contributed by atoms with Gasteiger partial charge in [-0.15, -0.1) is 11.6 Å². The van der Waals surface area contributed by atoms with Crippen LogP contribution in [0.4, 0.5) is 0 Å². The molecular formula is C8H7ClO2S. The Balaban J connectivity index is 2.78. The van der Waals surface area contributed by atoms with E-state index in [4.69, 9.17) is 11.6 Å². The molecule has 0 radical (unpaired) electrons. The summed E-state index contributed by atoms with van der Waals surface area (Å²) in [6.07, 6.45) is 0. The van der Waals surface area contributed by atoms with Crippen LogP contribution in [0.15, 0.2) is 30.3 Å². The van der Waals surface area contributed by atoms with Crippen LogP contribution in [0.2, 0.25) is 0 Å². The molecule has 0 heterocycles. The Kier molecular flexibility index (Phi) is 3.44. The second-order valence-corrected chi connectivity index (χ2v) is 2.80. The molecule has 4 heteroatoms. The highest BCUT2D eigenvalue weighted by Gasteiger charge is 2.17. The van der Waals surface area contributed by atoms with Crippen molar-refractivity contribution in [1.82, 2.24) is 0 Å². The summed E-state index contributed by atoms with van der Waals surface area (Å²) in [5, 5.41) is -0.774. The molecule has 0 amide bonds. The van der Waals surface area contributed by atoms with E-state index in [-0.39, 0.29) is 0 Å². The van der Waals surface area contributed by atoms with Gasteiger partial charge in [-0.3, -0.25) is 0 Å².